The average Bonchev–Trinajstić information content (AvgIpc) is 2.62. The summed E-state index contributed by atoms with van der Waals surface area (Å²) in [6.07, 6.45) is 0.226. The molecule has 0 fully saturated rings. The molecule has 0 saturated heterocycles. The van der Waals surface area contributed by atoms with E-state index in [-0.39, 0.29) is 35.9 Å². The molecule has 0 aliphatic heterocycles. The van der Waals surface area contributed by atoms with Crippen LogP contribution in [0.5, 0.6) is 17.2 Å². The topological polar surface area (TPSA) is 99.1 Å². The van der Waals surface area contributed by atoms with Gasteiger partial charge in [-0.05, 0) is 48.4 Å². The largest absolute Gasteiger partial charge is 0.493 e. The van der Waals surface area contributed by atoms with Crippen LogP contribution in [-0.2, 0) is 16.0 Å². The molecule has 0 aliphatic carbocycles. The molecular formula is C20H20O7. The smallest absolute Gasteiger partial charge is 0.308 e. The Morgan fingerprint density at radius 1 is 0.926 bits per heavy atom. The highest BCUT2D eigenvalue weighted by atomic mass is 16.6. The quantitative estimate of drug-likeness (QED) is 0.452. The van der Waals surface area contributed by atoms with E-state index in [0.717, 1.165) is 0 Å². The van der Waals surface area contributed by atoms with Crippen LogP contribution in [0.15, 0.2) is 36.4 Å². The van der Waals surface area contributed by atoms with Gasteiger partial charge in [0, 0.05) is 31.6 Å². The van der Waals surface area contributed by atoms with E-state index >= 15 is 0 Å². The molecule has 142 valence electrons. The van der Waals surface area contributed by atoms with Crippen LogP contribution >= 0.6 is 0 Å². The van der Waals surface area contributed by atoms with Crippen molar-refractivity contribution in [2.24, 2.45) is 0 Å². The number of aliphatic hydroxyl groups is 1. The van der Waals surface area contributed by atoms with E-state index in [0.29, 0.717) is 16.9 Å². The summed E-state index contributed by atoms with van der Waals surface area (Å²) in [4.78, 5) is 35.3. The molecule has 7 nitrogen and oxygen atoms in total. The number of aliphatic hydroxyl groups excluding tert-OH is 1. The molecule has 0 radical (unpaired) electrons. The van der Waals surface area contributed by atoms with Gasteiger partial charge in [0.25, 0.3) is 0 Å². The third kappa shape index (κ3) is 5.15. The Morgan fingerprint density at radius 2 is 1.56 bits per heavy atom. The first kappa shape index (κ1) is 20.1. The van der Waals surface area contributed by atoms with Crippen molar-refractivity contribution >= 4 is 17.7 Å². The van der Waals surface area contributed by atoms with E-state index in [1.807, 2.05) is 0 Å². The molecule has 2 rings (SSSR count). The molecule has 1 N–H and O–H groups in total. The standard InChI is InChI=1S/C20H20O7/c1-12(22)26-16-6-4-14(5-7-16)20(24)17-11-19(27-13(2)23)18(25-3)10-15(17)8-9-21/h4-7,10-11,21H,8-9H2,1-3H3. The van der Waals surface area contributed by atoms with Crippen LogP contribution in [0.25, 0.3) is 0 Å². The van der Waals surface area contributed by atoms with Gasteiger partial charge in [-0.15, -0.1) is 0 Å². The summed E-state index contributed by atoms with van der Waals surface area (Å²) in [6.45, 7) is 2.37. The Balaban J connectivity index is 2.45. The van der Waals surface area contributed by atoms with E-state index in [2.05, 4.69) is 0 Å². The molecule has 0 bridgehead atoms. The summed E-state index contributed by atoms with van der Waals surface area (Å²) in [5.41, 5.74) is 1.18. The Kier molecular flexibility index (Phi) is 6.67. The molecule has 0 aliphatic rings. The summed E-state index contributed by atoms with van der Waals surface area (Å²) >= 11 is 0. The van der Waals surface area contributed by atoms with E-state index in [4.69, 9.17) is 14.2 Å². The van der Waals surface area contributed by atoms with Crippen molar-refractivity contribution in [3.05, 3.63) is 53.1 Å². The molecule has 0 unspecified atom stereocenters. The third-order valence-corrected chi connectivity index (χ3v) is 3.65. The molecule has 7 heteroatoms. The van der Waals surface area contributed by atoms with Gasteiger partial charge in [-0.2, -0.15) is 0 Å². The lowest BCUT2D eigenvalue weighted by Gasteiger charge is -2.14. The van der Waals surface area contributed by atoms with Crippen molar-refractivity contribution in [3.63, 3.8) is 0 Å². The summed E-state index contributed by atoms with van der Waals surface area (Å²) in [6, 6.07) is 9.06. The van der Waals surface area contributed by atoms with Crippen LogP contribution < -0.4 is 14.2 Å². The zero-order chi connectivity index (χ0) is 20.0. The number of methoxy groups -OCH3 is 1. The molecule has 0 atom stereocenters. The second-order valence-electron chi connectivity index (χ2n) is 5.67. The van der Waals surface area contributed by atoms with Gasteiger partial charge >= 0.3 is 11.9 Å². The fourth-order valence-electron chi connectivity index (χ4n) is 2.53. The molecular weight excluding hydrogens is 352 g/mol. The first-order chi connectivity index (χ1) is 12.8. The number of hydrogen-bond acceptors (Lipinski definition) is 7. The van der Waals surface area contributed by atoms with Gasteiger partial charge in [0.15, 0.2) is 17.3 Å². The van der Waals surface area contributed by atoms with Gasteiger partial charge in [0.05, 0.1) is 7.11 Å². The molecule has 27 heavy (non-hydrogen) atoms. The van der Waals surface area contributed by atoms with Crippen LogP contribution in [0.3, 0.4) is 0 Å². The first-order valence-corrected chi connectivity index (χ1v) is 8.19. The van der Waals surface area contributed by atoms with Crippen LogP contribution in [0, 0.1) is 0 Å². The highest BCUT2D eigenvalue weighted by molar-refractivity contribution is 6.10. The number of esters is 2. The molecule has 2 aromatic rings. The zero-order valence-electron chi connectivity index (χ0n) is 15.3. The van der Waals surface area contributed by atoms with Gasteiger partial charge in [-0.3, -0.25) is 14.4 Å². The average molecular weight is 372 g/mol. The minimum atomic E-state index is -0.549. The van der Waals surface area contributed by atoms with Crippen molar-refractivity contribution in [3.8, 4) is 17.2 Å². The SMILES string of the molecule is COc1cc(CCO)c(C(=O)c2ccc(OC(C)=O)cc2)cc1OC(C)=O. The Morgan fingerprint density at radius 3 is 2.07 bits per heavy atom. The summed E-state index contributed by atoms with van der Waals surface area (Å²) in [7, 11) is 1.42. The van der Waals surface area contributed by atoms with E-state index in [9.17, 15) is 19.5 Å². The summed E-state index contributed by atoms with van der Waals surface area (Å²) in [5, 5.41) is 9.31. The maximum absolute atomic E-state index is 12.9. The van der Waals surface area contributed by atoms with Crippen molar-refractivity contribution in [2.45, 2.75) is 20.3 Å². The maximum Gasteiger partial charge on any atom is 0.308 e. The second kappa shape index (κ2) is 8.95. The monoisotopic (exact) mass is 372 g/mol. The van der Waals surface area contributed by atoms with E-state index in [1.54, 1.807) is 6.07 Å². The minimum absolute atomic E-state index is 0.117. The highest BCUT2D eigenvalue weighted by Crippen LogP contribution is 2.32. The lowest BCUT2D eigenvalue weighted by molar-refractivity contribution is -0.132. The number of benzene rings is 2. The Bertz CT molecular complexity index is 853. The lowest BCUT2D eigenvalue weighted by atomic mass is 9.96. The summed E-state index contributed by atoms with van der Waals surface area (Å²) in [5.74, 6) is -0.608. The fraction of sp³-hybridized carbons (Fsp3) is 0.250. The van der Waals surface area contributed by atoms with Crippen molar-refractivity contribution in [1.29, 1.82) is 0 Å². The van der Waals surface area contributed by atoms with Crippen LogP contribution in [0.1, 0.15) is 35.3 Å². The van der Waals surface area contributed by atoms with Crippen molar-refractivity contribution in [2.75, 3.05) is 13.7 Å². The van der Waals surface area contributed by atoms with E-state index < -0.39 is 11.9 Å². The first-order valence-electron chi connectivity index (χ1n) is 8.19. The maximum atomic E-state index is 12.9. The van der Waals surface area contributed by atoms with Gasteiger partial charge in [0.1, 0.15) is 5.75 Å². The molecule has 2 aromatic carbocycles. The number of ether oxygens (including phenoxy) is 3. The normalized spacial score (nSPS) is 10.2. The minimum Gasteiger partial charge on any atom is -0.493 e. The zero-order valence-corrected chi connectivity index (χ0v) is 15.3. The number of carbonyl (C=O) groups excluding carboxylic acids is 3. The predicted octanol–water partition coefficient (Wildman–Crippen LogP) is 2.31. The predicted molar refractivity (Wildman–Crippen MR) is 96.3 cm³/mol. The van der Waals surface area contributed by atoms with Gasteiger partial charge in [0.2, 0.25) is 0 Å². The molecule has 0 heterocycles. The molecule has 0 amide bonds. The van der Waals surface area contributed by atoms with Crippen LogP contribution in [0.4, 0.5) is 0 Å². The molecule has 0 aromatic heterocycles. The molecule has 0 saturated carbocycles. The van der Waals surface area contributed by atoms with Crippen LogP contribution in [0.2, 0.25) is 0 Å². The number of ketones is 1. The highest BCUT2D eigenvalue weighted by Gasteiger charge is 2.19. The van der Waals surface area contributed by atoms with E-state index in [1.165, 1.54) is 51.3 Å². The number of carbonyl (C=O) groups is 3. The van der Waals surface area contributed by atoms with Gasteiger partial charge < -0.3 is 19.3 Å². The van der Waals surface area contributed by atoms with Crippen molar-refractivity contribution < 1.29 is 33.7 Å². The second-order valence-corrected chi connectivity index (χ2v) is 5.67. The lowest BCUT2D eigenvalue weighted by Crippen LogP contribution is -2.10. The number of hydrogen-bond donors (Lipinski definition) is 1. The number of rotatable bonds is 7. The Hall–Kier alpha value is -3.19. The molecule has 0 spiro atoms. The van der Waals surface area contributed by atoms with Gasteiger partial charge in [-0.25, -0.2) is 0 Å². The van der Waals surface area contributed by atoms with Crippen LogP contribution in [-0.4, -0.2) is 36.5 Å². The van der Waals surface area contributed by atoms with Crippen molar-refractivity contribution in [1.82, 2.24) is 0 Å². The third-order valence-electron chi connectivity index (χ3n) is 3.65. The summed E-state index contributed by atoms with van der Waals surface area (Å²) < 4.78 is 15.3. The fourth-order valence-corrected chi connectivity index (χ4v) is 2.53. The van der Waals surface area contributed by atoms with Gasteiger partial charge in [-0.1, -0.05) is 0 Å². The Labute approximate surface area is 156 Å².